The smallest absolute Gasteiger partial charge is 0.344 e. The molecule has 27 heavy (non-hydrogen) atoms. The number of nitrogens with one attached hydrogen (secondary N) is 1. The summed E-state index contributed by atoms with van der Waals surface area (Å²) >= 11 is 3.28. The van der Waals surface area contributed by atoms with Crippen molar-refractivity contribution in [1.82, 2.24) is 9.97 Å². The summed E-state index contributed by atoms with van der Waals surface area (Å²) in [6, 6.07) is 5.20. The predicted molar refractivity (Wildman–Crippen MR) is 108 cm³/mol. The van der Waals surface area contributed by atoms with Gasteiger partial charge in [0.2, 0.25) is 0 Å². The molecule has 0 bridgehead atoms. The van der Waals surface area contributed by atoms with Crippen LogP contribution >= 0.6 is 34.4 Å². The van der Waals surface area contributed by atoms with Crippen molar-refractivity contribution in [2.45, 2.75) is 12.1 Å². The molecule has 0 spiro atoms. The van der Waals surface area contributed by atoms with Gasteiger partial charge in [-0.25, -0.2) is 9.78 Å². The molecular weight excluding hydrogens is 485 g/mol. The number of methoxy groups -OCH3 is 1. The summed E-state index contributed by atoms with van der Waals surface area (Å²) in [4.78, 5) is 30.6. The molecule has 0 saturated heterocycles. The van der Waals surface area contributed by atoms with Crippen molar-refractivity contribution < 1.29 is 19.0 Å². The van der Waals surface area contributed by atoms with E-state index in [4.69, 9.17) is 14.2 Å². The monoisotopic (exact) mass is 501 g/mol. The molecule has 1 aromatic heterocycles. The van der Waals surface area contributed by atoms with Gasteiger partial charge in [-0.3, -0.25) is 4.79 Å². The Morgan fingerprint density at radius 3 is 2.78 bits per heavy atom. The average Bonchev–Trinajstić information content (AvgIpc) is 2.65. The van der Waals surface area contributed by atoms with E-state index in [0.717, 1.165) is 0 Å². The first-order valence-corrected chi connectivity index (χ1v) is 10.00. The fraction of sp³-hybridized carbons (Fsp3) is 0.294. The van der Waals surface area contributed by atoms with Gasteiger partial charge in [0.25, 0.3) is 5.56 Å². The van der Waals surface area contributed by atoms with Crippen LogP contribution < -0.4 is 15.0 Å². The molecule has 2 aromatic rings. The number of carbonyl (C=O) groups excluding carboxylic acids is 1. The molecule has 0 aliphatic carbocycles. The summed E-state index contributed by atoms with van der Waals surface area (Å²) in [5.41, 5.74) is 0.172. The highest BCUT2D eigenvalue weighted by molar-refractivity contribution is 14.1. The number of aromatic nitrogens is 2. The second-order valence-electron chi connectivity index (χ2n) is 4.99. The van der Waals surface area contributed by atoms with Crippen molar-refractivity contribution in [2.75, 3.05) is 26.6 Å². The molecule has 0 aliphatic rings. The molecule has 1 aromatic carbocycles. The zero-order valence-electron chi connectivity index (χ0n) is 14.8. The van der Waals surface area contributed by atoms with Crippen molar-refractivity contribution in [3.05, 3.63) is 31.6 Å². The summed E-state index contributed by atoms with van der Waals surface area (Å²) in [5, 5.41) is 9.74. The van der Waals surface area contributed by atoms with Crippen LogP contribution in [0.2, 0.25) is 0 Å². The van der Waals surface area contributed by atoms with Gasteiger partial charge in [0, 0.05) is 5.56 Å². The first-order valence-electron chi connectivity index (χ1n) is 7.69. The molecule has 0 radical (unpaired) electrons. The number of aromatic amines is 1. The third-order valence-electron chi connectivity index (χ3n) is 3.35. The van der Waals surface area contributed by atoms with Crippen molar-refractivity contribution >= 4 is 40.3 Å². The van der Waals surface area contributed by atoms with E-state index in [1.54, 1.807) is 25.3 Å². The fourth-order valence-corrected chi connectivity index (χ4v) is 3.33. The lowest BCUT2D eigenvalue weighted by Crippen LogP contribution is -2.16. The maximum atomic E-state index is 12.1. The molecule has 0 saturated carbocycles. The van der Waals surface area contributed by atoms with E-state index in [9.17, 15) is 14.9 Å². The minimum Gasteiger partial charge on any atom is -0.493 e. The minimum atomic E-state index is -0.511. The zero-order chi connectivity index (χ0) is 20.0. The molecule has 0 aliphatic heterocycles. The Morgan fingerprint density at radius 2 is 2.19 bits per heavy atom. The van der Waals surface area contributed by atoms with Crippen LogP contribution in [-0.4, -0.2) is 42.5 Å². The molecule has 0 atom stereocenters. The number of rotatable bonds is 7. The van der Waals surface area contributed by atoms with Crippen LogP contribution in [0.15, 0.2) is 22.1 Å². The molecule has 10 heteroatoms. The Labute approximate surface area is 173 Å². The number of thioether (sulfide) groups is 1. The van der Waals surface area contributed by atoms with Gasteiger partial charge in [-0.2, -0.15) is 5.26 Å². The van der Waals surface area contributed by atoms with Crippen LogP contribution in [0, 0.1) is 14.9 Å². The molecule has 1 heterocycles. The maximum absolute atomic E-state index is 12.1. The number of carbonyl (C=O) groups is 1. The molecule has 0 fully saturated rings. The fourth-order valence-electron chi connectivity index (χ4n) is 2.19. The third kappa shape index (κ3) is 4.92. The lowest BCUT2D eigenvalue weighted by atomic mass is 10.1. The molecule has 2 rings (SSSR count). The van der Waals surface area contributed by atoms with Crippen LogP contribution in [0.4, 0.5) is 0 Å². The van der Waals surface area contributed by atoms with Gasteiger partial charge < -0.3 is 19.2 Å². The first kappa shape index (κ1) is 21.0. The third-order valence-corrected chi connectivity index (χ3v) is 4.73. The average molecular weight is 501 g/mol. The number of hydrogen-bond donors (Lipinski definition) is 1. The second-order valence-corrected chi connectivity index (χ2v) is 6.95. The SMILES string of the molecule is CCOC(=O)COc1c(I)cc(-c2nc(SC)[nH]c(=O)c2C#N)cc1OC. The van der Waals surface area contributed by atoms with Crippen LogP contribution in [-0.2, 0) is 9.53 Å². The number of esters is 1. The van der Waals surface area contributed by atoms with Crippen molar-refractivity contribution in [2.24, 2.45) is 0 Å². The van der Waals surface area contributed by atoms with E-state index in [2.05, 4.69) is 9.97 Å². The normalized spacial score (nSPS) is 10.2. The Hall–Kier alpha value is -2.26. The Balaban J connectivity index is 2.51. The Bertz CT molecular complexity index is 955. The molecule has 8 nitrogen and oxygen atoms in total. The predicted octanol–water partition coefficient (Wildman–Crippen LogP) is 2.59. The number of nitrogens with zero attached hydrogens (tertiary/aromatic N) is 2. The summed E-state index contributed by atoms with van der Waals surface area (Å²) in [6.45, 7) is 1.71. The number of hydrogen-bond acceptors (Lipinski definition) is 8. The van der Waals surface area contributed by atoms with Crippen LogP contribution in [0.1, 0.15) is 12.5 Å². The van der Waals surface area contributed by atoms with Gasteiger partial charge in [-0.05, 0) is 47.9 Å². The van der Waals surface area contributed by atoms with Gasteiger partial charge in [-0.1, -0.05) is 11.8 Å². The van der Waals surface area contributed by atoms with Crippen molar-refractivity contribution in [1.29, 1.82) is 5.26 Å². The number of benzene rings is 1. The number of halogens is 1. The van der Waals surface area contributed by atoms with Gasteiger partial charge in [0.1, 0.15) is 11.6 Å². The van der Waals surface area contributed by atoms with Crippen LogP contribution in [0.25, 0.3) is 11.3 Å². The summed E-state index contributed by atoms with van der Waals surface area (Å²) in [5.74, 6) is 0.216. The summed E-state index contributed by atoms with van der Waals surface area (Å²) < 4.78 is 16.4. The topological polar surface area (TPSA) is 114 Å². The number of nitriles is 1. The van der Waals surface area contributed by atoms with E-state index in [1.165, 1.54) is 18.9 Å². The standard InChI is InChI=1S/C17H16IN3O5S/c1-4-25-13(22)8-26-15-11(18)5-9(6-12(15)24-2)14-10(7-19)16(23)21-17(20-14)27-3/h5-6H,4,8H2,1-3H3,(H,20,21,23). The van der Waals surface area contributed by atoms with E-state index in [0.29, 0.717) is 25.8 Å². The Morgan fingerprint density at radius 1 is 1.44 bits per heavy atom. The van der Waals surface area contributed by atoms with E-state index < -0.39 is 11.5 Å². The van der Waals surface area contributed by atoms with E-state index >= 15 is 0 Å². The van der Waals surface area contributed by atoms with Crippen LogP contribution in [0.5, 0.6) is 11.5 Å². The van der Waals surface area contributed by atoms with Gasteiger partial charge in [0.05, 0.1) is 23.0 Å². The van der Waals surface area contributed by atoms with E-state index in [-0.39, 0.29) is 24.5 Å². The number of ether oxygens (including phenoxy) is 3. The lowest BCUT2D eigenvalue weighted by Gasteiger charge is -2.14. The maximum Gasteiger partial charge on any atom is 0.344 e. The quantitative estimate of drug-likeness (QED) is 0.267. The summed E-state index contributed by atoms with van der Waals surface area (Å²) in [6.07, 6.45) is 1.77. The molecule has 0 amide bonds. The van der Waals surface area contributed by atoms with E-state index in [1.807, 2.05) is 28.7 Å². The van der Waals surface area contributed by atoms with Gasteiger partial charge in [-0.15, -0.1) is 0 Å². The zero-order valence-corrected chi connectivity index (χ0v) is 17.8. The highest BCUT2D eigenvalue weighted by Gasteiger charge is 2.19. The minimum absolute atomic E-state index is 0.0918. The van der Waals surface area contributed by atoms with Gasteiger partial charge >= 0.3 is 5.97 Å². The molecule has 0 unspecified atom stereocenters. The lowest BCUT2D eigenvalue weighted by molar-refractivity contribution is -0.145. The van der Waals surface area contributed by atoms with Crippen molar-refractivity contribution in [3.8, 4) is 28.8 Å². The number of H-pyrrole nitrogens is 1. The summed E-state index contributed by atoms with van der Waals surface area (Å²) in [7, 11) is 1.45. The van der Waals surface area contributed by atoms with Crippen LogP contribution in [0.3, 0.4) is 0 Å². The first-order chi connectivity index (χ1) is 12.9. The largest absolute Gasteiger partial charge is 0.493 e. The molecule has 142 valence electrons. The molecular formula is C17H16IN3O5S. The molecule has 1 N–H and O–H groups in total. The highest BCUT2D eigenvalue weighted by atomic mass is 127. The highest BCUT2D eigenvalue weighted by Crippen LogP contribution is 2.37. The second kappa shape index (κ2) is 9.61. The Kier molecular flexibility index (Phi) is 7.49. The van der Waals surface area contributed by atoms with Crippen molar-refractivity contribution in [3.63, 3.8) is 0 Å². The van der Waals surface area contributed by atoms with Gasteiger partial charge in [0.15, 0.2) is 23.3 Å².